The zero-order valence-corrected chi connectivity index (χ0v) is 16.2. The third-order valence-electron chi connectivity index (χ3n) is 3.98. The molecule has 2 aromatic heterocycles. The minimum Gasteiger partial charge on any atom is -0.461 e. The van der Waals surface area contributed by atoms with Gasteiger partial charge in [0.05, 0.1) is 18.8 Å². The first-order valence-corrected chi connectivity index (χ1v) is 9.48. The molecule has 9 heteroatoms. The van der Waals surface area contributed by atoms with Gasteiger partial charge in [-0.15, -0.1) is 11.3 Å². The van der Waals surface area contributed by atoms with Crippen molar-refractivity contribution >= 4 is 39.1 Å². The summed E-state index contributed by atoms with van der Waals surface area (Å²) in [4.78, 5) is 41.3. The Balaban J connectivity index is 1.94. The van der Waals surface area contributed by atoms with Crippen LogP contribution >= 0.6 is 11.3 Å². The van der Waals surface area contributed by atoms with Crippen LogP contribution in [0.2, 0.25) is 0 Å². The molecule has 1 amide bonds. The molecular formula is C19H19N3O5S. The standard InChI is InChI=1S/C19H19N3O5S/c1-3-27-18(25)15-11-28-19(20-15)21-16(23)14-10-22(8-9-26-2)17(24)13-7-5-4-6-12(13)14/h4-7,10-11H,3,8-9H2,1-2H3,(H,20,21,23). The van der Waals surface area contributed by atoms with Crippen LogP contribution in [0.15, 0.2) is 40.6 Å². The van der Waals surface area contributed by atoms with Gasteiger partial charge in [0.25, 0.3) is 11.5 Å². The highest BCUT2D eigenvalue weighted by Crippen LogP contribution is 2.20. The van der Waals surface area contributed by atoms with Crippen molar-refractivity contribution < 1.29 is 19.1 Å². The van der Waals surface area contributed by atoms with Crippen LogP contribution in [0.5, 0.6) is 0 Å². The summed E-state index contributed by atoms with van der Waals surface area (Å²) in [5.74, 6) is -0.968. The summed E-state index contributed by atoms with van der Waals surface area (Å²) >= 11 is 1.12. The molecule has 1 aromatic carbocycles. The Bertz CT molecular complexity index is 1070. The summed E-state index contributed by atoms with van der Waals surface area (Å²) in [5.41, 5.74) is 0.277. The van der Waals surface area contributed by atoms with Gasteiger partial charge >= 0.3 is 5.97 Å². The van der Waals surface area contributed by atoms with Gasteiger partial charge in [-0.25, -0.2) is 9.78 Å². The summed E-state index contributed by atoms with van der Waals surface area (Å²) in [7, 11) is 1.54. The van der Waals surface area contributed by atoms with Gasteiger partial charge in [-0.1, -0.05) is 18.2 Å². The Kier molecular flexibility index (Phi) is 6.17. The number of benzene rings is 1. The summed E-state index contributed by atoms with van der Waals surface area (Å²) < 4.78 is 11.4. The fraction of sp³-hybridized carbons (Fsp3) is 0.263. The van der Waals surface area contributed by atoms with Crippen molar-refractivity contribution in [2.45, 2.75) is 13.5 Å². The van der Waals surface area contributed by atoms with Crippen molar-refractivity contribution in [3.05, 3.63) is 57.5 Å². The number of thiazole rings is 1. The average Bonchev–Trinajstić information content (AvgIpc) is 3.16. The lowest BCUT2D eigenvalue weighted by Gasteiger charge is -2.11. The largest absolute Gasteiger partial charge is 0.461 e. The number of amides is 1. The molecule has 0 aliphatic carbocycles. The molecule has 0 radical (unpaired) electrons. The number of ether oxygens (including phenoxy) is 2. The van der Waals surface area contributed by atoms with E-state index in [2.05, 4.69) is 10.3 Å². The van der Waals surface area contributed by atoms with E-state index in [4.69, 9.17) is 9.47 Å². The van der Waals surface area contributed by atoms with Crippen LogP contribution in [0.1, 0.15) is 27.8 Å². The van der Waals surface area contributed by atoms with E-state index in [-0.39, 0.29) is 23.0 Å². The maximum absolute atomic E-state index is 12.9. The van der Waals surface area contributed by atoms with Crippen LogP contribution in [-0.4, -0.2) is 41.8 Å². The molecule has 0 saturated heterocycles. The highest BCUT2D eigenvalue weighted by atomic mass is 32.1. The van der Waals surface area contributed by atoms with Crippen LogP contribution in [0, 0.1) is 0 Å². The first-order valence-electron chi connectivity index (χ1n) is 8.60. The summed E-state index contributed by atoms with van der Waals surface area (Å²) in [6, 6.07) is 6.91. The second-order valence-electron chi connectivity index (χ2n) is 5.79. The molecule has 2 heterocycles. The van der Waals surface area contributed by atoms with Crippen LogP contribution in [0.25, 0.3) is 10.8 Å². The van der Waals surface area contributed by atoms with Crippen molar-refractivity contribution in [2.75, 3.05) is 25.6 Å². The highest BCUT2D eigenvalue weighted by Gasteiger charge is 2.17. The number of methoxy groups -OCH3 is 1. The number of hydrogen-bond acceptors (Lipinski definition) is 7. The highest BCUT2D eigenvalue weighted by molar-refractivity contribution is 7.14. The van der Waals surface area contributed by atoms with Crippen molar-refractivity contribution in [1.82, 2.24) is 9.55 Å². The third-order valence-corrected chi connectivity index (χ3v) is 4.74. The lowest BCUT2D eigenvalue weighted by Crippen LogP contribution is -2.25. The van der Waals surface area contributed by atoms with E-state index in [9.17, 15) is 14.4 Å². The second-order valence-corrected chi connectivity index (χ2v) is 6.65. The van der Waals surface area contributed by atoms with E-state index >= 15 is 0 Å². The van der Waals surface area contributed by atoms with Crippen molar-refractivity contribution in [2.24, 2.45) is 0 Å². The Morgan fingerprint density at radius 3 is 2.71 bits per heavy atom. The number of esters is 1. The summed E-state index contributed by atoms with van der Waals surface area (Å²) in [6.07, 6.45) is 1.51. The topological polar surface area (TPSA) is 99.5 Å². The van der Waals surface area contributed by atoms with Crippen molar-refractivity contribution in [3.63, 3.8) is 0 Å². The molecule has 0 unspecified atom stereocenters. The molecule has 0 saturated carbocycles. The number of fused-ring (bicyclic) bond motifs is 1. The molecule has 3 rings (SSSR count). The number of carbonyl (C=O) groups is 2. The lowest BCUT2D eigenvalue weighted by molar-refractivity contribution is 0.0520. The fourth-order valence-electron chi connectivity index (χ4n) is 2.67. The van der Waals surface area contributed by atoms with Gasteiger partial charge in [0.15, 0.2) is 10.8 Å². The van der Waals surface area contributed by atoms with Gasteiger partial charge in [-0.3, -0.25) is 14.9 Å². The SMILES string of the molecule is CCOC(=O)c1csc(NC(=O)c2cn(CCOC)c(=O)c3ccccc23)n1. The predicted molar refractivity (Wildman–Crippen MR) is 106 cm³/mol. The zero-order chi connectivity index (χ0) is 20.1. The molecule has 0 aliphatic rings. The van der Waals surface area contributed by atoms with Gasteiger partial charge in [-0.2, -0.15) is 0 Å². The first kappa shape index (κ1) is 19.7. The van der Waals surface area contributed by atoms with E-state index in [0.717, 1.165) is 11.3 Å². The molecule has 0 aliphatic heterocycles. The smallest absolute Gasteiger partial charge is 0.357 e. The minimum atomic E-state index is -0.544. The number of aromatic nitrogens is 2. The molecule has 8 nitrogen and oxygen atoms in total. The van der Waals surface area contributed by atoms with E-state index in [1.807, 2.05) is 0 Å². The normalized spacial score (nSPS) is 10.8. The zero-order valence-electron chi connectivity index (χ0n) is 15.4. The van der Waals surface area contributed by atoms with Crippen molar-refractivity contribution in [1.29, 1.82) is 0 Å². The monoisotopic (exact) mass is 401 g/mol. The lowest BCUT2D eigenvalue weighted by atomic mass is 10.1. The molecule has 1 N–H and O–H groups in total. The number of pyridine rings is 1. The van der Waals surface area contributed by atoms with Crippen LogP contribution in [0.4, 0.5) is 5.13 Å². The number of nitrogens with zero attached hydrogens (tertiary/aromatic N) is 2. The molecule has 3 aromatic rings. The first-order chi connectivity index (χ1) is 13.5. The quantitative estimate of drug-likeness (QED) is 0.611. The molecule has 146 valence electrons. The van der Waals surface area contributed by atoms with Gasteiger partial charge in [0.1, 0.15) is 0 Å². The maximum Gasteiger partial charge on any atom is 0.357 e. The van der Waals surface area contributed by atoms with Gasteiger partial charge < -0.3 is 14.0 Å². The van der Waals surface area contributed by atoms with Gasteiger partial charge in [0, 0.05) is 36.0 Å². The molecule has 0 spiro atoms. The van der Waals surface area contributed by atoms with Crippen molar-refractivity contribution in [3.8, 4) is 0 Å². The van der Waals surface area contributed by atoms with E-state index in [0.29, 0.717) is 29.5 Å². The summed E-state index contributed by atoms with van der Waals surface area (Å²) in [5, 5.41) is 5.46. The average molecular weight is 401 g/mol. The van der Waals surface area contributed by atoms with Crippen LogP contribution < -0.4 is 10.9 Å². The third kappa shape index (κ3) is 4.10. The predicted octanol–water partition coefficient (Wildman–Crippen LogP) is 2.53. The molecule has 0 atom stereocenters. The Labute approximate surface area is 164 Å². The Hall–Kier alpha value is -3.04. The molecule has 0 bridgehead atoms. The van der Waals surface area contributed by atoms with E-state index in [1.54, 1.807) is 38.3 Å². The molecule has 28 heavy (non-hydrogen) atoms. The number of rotatable bonds is 7. The maximum atomic E-state index is 12.9. The fourth-order valence-corrected chi connectivity index (χ4v) is 3.35. The molecular weight excluding hydrogens is 382 g/mol. The number of carbonyl (C=O) groups excluding carboxylic acids is 2. The second kappa shape index (κ2) is 8.77. The van der Waals surface area contributed by atoms with E-state index in [1.165, 1.54) is 16.1 Å². The van der Waals surface area contributed by atoms with Gasteiger partial charge in [-0.05, 0) is 13.0 Å². The molecule has 0 fully saturated rings. The Morgan fingerprint density at radius 1 is 1.25 bits per heavy atom. The number of hydrogen-bond donors (Lipinski definition) is 1. The van der Waals surface area contributed by atoms with Gasteiger partial charge in [0.2, 0.25) is 0 Å². The Morgan fingerprint density at radius 2 is 2.00 bits per heavy atom. The van der Waals surface area contributed by atoms with E-state index < -0.39 is 11.9 Å². The number of nitrogens with one attached hydrogen (secondary N) is 1. The summed E-state index contributed by atoms with van der Waals surface area (Å²) in [6.45, 7) is 2.61. The van der Waals surface area contributed by atoms with Crippen LogP contribution in [-0.2, 0) is 16.0 Å². The van der Waals surface area contributed by atoms with Crippen LogP contribution in [0.3, 0.4) is 0 Å². The number of anilines is 1. The minimum absolute atomic E-state index is 0.136.